The van der Waals surface area contributed by atoms with E-state index in [1.165, 1.54) is 0 Å². The normalized spacial score (nSPS) is 20.5. The van der Waals surface area contributed by atoms with Gasteiger partial charge in [0.1, 0.15) is 6.10 Å². The van der Waals surface area contributed by atoms with Gasteiger partial charge < -0.3 is 19.3 Å². The predicted octanol–water partition coefficient (Wildman–Crippen LogP) is 3.95. The smallest absolute Gasteiger partial charge is 0.161 e. The SMILES string of the molecule is COc1ccc([C@@H]2[C@@H](CO)OCCN2Cc2cccc(Cl)c2Cl)cc1OC. The van der Waals surface area contributed by atoms with Crippen molar-refractivity contribution in [2.75, 3.05) is 34.0 Å². The average Bonchev–Trinajstić information content (AvgIpc) is 2.70. The maximum absolute atomic E-state index is 9.88. The van der Waals surface area contributed by atoms with Crippen LogP contribution >= 0.6 is 23.2 Å². The van der Waals surface area contributed by atoms with Crippen molar-refractivity contribution in [3.8, 4) is 11.5 Å². The summed E-state index contributed by atoms with van der Waals surface area (Å²) in [5.74, 6) is 1.29. The third kappa shape index (κ3) is 4.33. The van der Waals surface area contributed by atoms with Crippen molar-refractivity contribution in [1.82, 2.24) is 4.90 Å². The van der Waals surface area contributed by atoms with Crippen molar-refractivity contribution in [3.05, 3.63) is 57.6 Å². The van der Waals surface area contributed by atoms with E-state index in [0.29, 0.717) is 41.2 Å². The lowest BCUT2D eigenvalue weighted by molar-refractivity contribution is -0.0960. The number of ether oxygens (including phenoxy) is 3. The third-order valence-electron chi connectivity index (χ3n) is 4.79. The molecule has 1 aliphatic rings. The molecule has 2 aromatic carbocycles. The molecule has 1 heterocycles. The van der Waals surface area contributed by atoms with Crippen molar-refractivity contribution >= 4 is 23.2 Å². The molecular weight excluding hydrogens is 389 g/mol. The van der Waals surface area contributed by atoms with E-state index in [2.05, 4.69) is 4.90 Å². The molecule has 0 saturated carbocycles. The van der Waals surface area contributed by atoms with Crippen LogP contribution < -0.4 is 9.47 Å². The zero-order chi connectivity index (χ0) is 19.4. The minimum atomic E-state index is -0.352. The van der Waals surface area contributed by atoms with E-state index in [1.807, 2.05) is 30.3 Å². The van der Waals surface area contributed by atoms with Gasteiger partial charge in [0.2, 0.25) is 0 Å². The Labute approximate surface area is 169 Å². The second-order valence-electron chi connectivity index (χ2n) is 6.33. The summed E-state index contributed by atoms with van der Waals surface area (Å²) in [5, 5.41) is 11.0. The number of nitrogens with zero attached hydrogens (tertiary/aromatic N) is 1. The molecule has 1 saturated heterocycles. The monoisotopic (exact) mass is 411 g/mol. The van der Waals surface area contributed by atoms with E-state index >= 15 is 0 Å². The van der Waals surface area contributed by atoms with Gasteiger partial charge in [0.05, 0.1) is 43.5 Å². The van der Waals surface area contributed by atoms with Crippen LogP contribution in [-0.2, 0) is 11.3 Å². The second kappa shape index (κ2) is 9.13. The van der Waals surface area contributed by atoms with E-state index in [9.17, 15) is 5.11 Å². The van der Waals surface area contributed by atoms with Gasteiger partial charge in [-0.2, -0.15) is 0 Å². The Morgan fingerprint density at radius 2 is 1.93 bits per heavy atom. The van der Waals surface area contributed by atoms with E-state index < -0.39 is 0 Å². The van der Waals surface area contributed by atoms with Crippen LogP contribution in [0.3, 0.4) is 0 Å². The first kappa shape index (κ1) is 20.2. The molecule has 146 valence electrons. The molecule has 7 heteroatoms. The van der Waals surface area contributed by atoms with Crippen LogP contribution in [0.1, 0.15) is 17.2 Å². The fourth-order valence-electron chi connectivity index (χ4n) is 3.47. The van der Waals surface area contributed by atoms with Crippen molar-refractivity contribution in [2.45, 2.75) is 18.7 Å². The Hall–Kier alpha value is -1.50. The predicted molar refractivity (Wildman–Crippen MR) is 106 cm³/mol. The number of aliphatic hydroxyl groups excluding tert-OH is 1. The molecule has 0 aromatic heterocycles. The quantitative estimate of drug-likeness (QED) is 0.779. The minimum Gasteiger partial charge on any atom is -0.493 e. The molecule has 0 bridgehead atoms. The highest BCUT2D eigenvalue weighted by Crippen LogP contribution is 2.37. The van der Waals surface area contributed by atoms with Crippen molar-refractivity contribution < 1.29 is 19.3 Å². The Morgan fingerprint density at radius 1 is 1.15 bits per heavy atom. The Kier molecular flexibility index (Phi) is 6.84. The van der Waals surface area contributed by atoms with Gasteiger partial charge in [-0.15, -0.1) is 0 Å². The highest BCUT2D eigenvalue weighted by molar-refractivity contribution is 6.42. The van der Waals surface area contributed by atoms with Gasteiger partial charge in [-0.25, -0.2) is 0 Å². The lowest BCUT2D eigenvalue weighted by atomic mass is 9.97. The summed E-state index contributed by atoms with van der Waals surface area (Å²) < 4.78 is 16.6. The first-order valence-corrected chi connectivity index (χ1v) is 9.46. The molecule has 5 nitrogen and oxygen atoms in total. The van der Waals surface area contributed by atoms with Crippen LogP contribution in [0.25, 0.3) is 0 Å². The van der Waals surface area contributed by atoms with Gasteiger partial charge in [-0.05, 0) is 29.3 Å². The van der Waals surface area contributed by atoms with Gasteiger partial charge in [0.15, 0.2) is 11.5 Å². The zero-order valence-electron chi connectivity index (χ0n) is 15.3. The van der Waals surface area contributed by atoms with Gasteiger partial charge >= 0.3 is 0 Å². The number of hydrogen-bond acceptors (Lipinski definition) is 5. The number of aliphatic hydroxyl groups is 1. The van der Waals surface area contributed by atoms with E-state index in [0.717, 1.165) is 11.1 Å². The summed E-state index contributed by atoms with van der Waals surface area (Å²) >= 11 is 12.6. The fourth-order valence-corrected chi connectivity index (χ4v) is 3.85. The first-order chi connectivity index (χ1) is 13.1. The van der Waals surface area contributed by atoms with Crippen molar-refractivity contribution in [3.63, 3.8) is 0 Å². The molecule has 0 radical (unpaired) electrons. The van der Waals surface area contributed by atoms with E-state index in [-0.39, 0.29) is 18.8 Å². The molecule has 1 fully saturated rings. The lowest BCUT2D eigenvalue weighted by Gasteiger charge is -2.41. The average molecular weight is 412 g/mol. The fraction of sp³-hybridized carbons (Fsp3) is 0.400. The number of benzene rings is 2. The molecule has 27 heavy (non-hydrogen) atoms. The zero-order valence-corrected chi connectivity index (χ0v) is 16.8. The summed E-state index contributed by atoms with van der Waals surface area (Å²) in [6, 6.07) is 11.2. The topological polar surface area (TPSA) is 51.2 Å². The standard InChI is InChI=1S/C20H23Cl2NO4/c1-25-16-7-6-13(10-17(16)26-2)20-18(12-24)27-9-8-23(20)11-14-4-3-5-15(21)19(14)22/h3-7,10,18,20,24H,8-9,11-12H2,1-2H3/t18-,20-/m1/s1. The van der Waals surface area contributed by atoms with E-state index in [4.69, 9.17) is 37.4 Å². The molecule has 0 amide bonds. The summed E-state index contributed by atoms with van der Waals surface area (Å²) in [5.41, 5.74) is 1.91. The summed E-state index contributed by atoms with van der Waals surface area (Å²) in [4.78, 5) is 2.24. The highest BCUT2D eigenvalue weighted by Gasteiger charge is 2.34. The summed E-state index contributed by atoms with van der Waals surface area (Å²) in [6.45, 7) is 1.75. The summed E-state index contributed by atoms with van der Waals surface area (Å²) in [6.07, 6.45) is -0.352. The summed E-state index contributed by atoms with van der Waals surface area (Å²) in [7, 11) is 3.21. The van der Waals surface area contributed by atoms with Crippen molar-refractivity contribution in [2.24, 2.45) is 0 Å². The van der Waals surface area contributed by atoms with Crippen molar-refractivity contribution in [1.29, 1.82) is 0 Å². The van der Waals surface area contributed by atoms with E-state index in [1.54, 1.807) is 20.3 Å². The number of morpholine rings is 1. The molecule has 2 aromatic rings. The Balaban J connectivity index is 1.96. The Morgan fingerprint density at radius 3 is 2.63 bits per heavy atom. The third-order valence-corrected chi connectivity index (χ3v) is 5.65. The number of methoxy groups -OCH3 is 2. The molecule has 0 aliphatic carbocycles. The molecule has 3 rings (SSSR count). The largest absolute Gasteiger partial charge is 0.493 e. The van der Waals surface area contributed by atoms with Crippen LogP contribution in [0.4, 0.5) is 0 Å². The number of halogens is 2. The Bertz CT molecular complexity index is 787. The van der Waals surface area contributed by atoms with Gasteiger partial charge in [0.25, 0.3) is 0 Å². The van der Waals surface area contributed by atoms with Crippen LogP contribution in [0.15, 0.2) is 36.4 Å². The molecule has 1 N–H and O–H groups in total. The van der Waals surface area contributed by atoms with Gasteiger partial charge in [-0.3, -0.25) is 4.90 Å². The van der Waals surface area contributed by atoms with Crippen LogP contribution in [0.2, 0.25) is 10.0 Å². The van der Waals surface area contributed by atoms with Gasteiger partial charge in [-0.1, -0.05) is 41.4 Å². The number of hydrogen-bond donors (Lipinski definition) is 1. The molecule has 0 spiro atoms. The first-order valence-electron chi connectivity index (χ1n) is 8.70. The van der Waals surface area contributed by atoms with Crippen LogP contribution in [0, 0.1) is 0 Å². The molecule has 2 atom stereocenters. The molecular formula is C20H23Cl2NO4. The molecule has 1 aliphatic heterocycles. The highest BCUT2D eigenvalue weighted by atomic mass is 35.5. The maximum Gasteiger partial charge on any atom is 0.161 e. The van der Waals surface area contributed by atoms with Crippen LogP contribution in [-0.4, -0.2) is 50.1 Å². The van der Waals surface area contributed by atoms with Gasteiger partial charge in [0, 0.05) is 13.1 Å². The van der Waals surface area contributed by atoms with Crippen LogP contribution in [0.5, 0.6) is 11.5 Å². The number of rotatable bonds is 6. The lowest BCUT2D eigenvalue weighted by Crippen LogP contribution is -2.46. The molecule has 0 unspecified atom stereocenters. The second-order valence-corrected chi connectivity index (χ2v) is 7.12. The maximum atomic E-state index is 9.88. The minimum absolute atomic E-state index is 0.0845.